The minimum atomic E-state index is -0.00923. The molecule has 0 spiro atoms. The van der Waals surface area contributed by atoms with E-state index in [1.165, 1.54) is 30.6 Å². The normalized spacial score (nSPS) is 15.5. The van der Waals surface area contributed by atoms with Gasteiger partial charge in [0.25, 0.3) is 5.91 Å². The zero-order valence-electron chi connectivity index (χ0n) is 13.8. The monoisotopic (exact) mass is 342 g/mol. The van der Waals surface area contributed by atoms with E-state index in [2.05, 4.69) is 10.3 Å². The number of hydrogen-bond acceptors (Lipinski definition) is 4. The van der Waals surface area contributed by atoms with E-state index < -0.39 is 0 Å². The molecule has 1 aliphatic carbocycles. The van der Waals surface area contributed by atoms with Crippen LogP contribution in [0.2, 0.25) is 0 Å². The van der Waals surface area contributed by atoms with Crippen LogP contribution in [0, 0.1) is 0 Å². The third-order valence-corrected chi connectivity index (χ3v) is 5.10. The summed E-state index contributed by atoms with van der Waals surface area (Å²) in [6.45, 7) is 0. The van der Waals surface area contributed by atoms with Gasteiger partial charge in [0.15, 0.2) is 0 Å². The second-order valence-electron chi connectivity index (χ2n) is 5.98. The van der Waals surface area contributed by atoms with Gasteiger partial charge in [-0.25, -0.2) is 4.99 Å². The summed E-state index contributed by atoms with van der Waals surface area (Å²) in [7, 11) is 1.64. The van der Waals surface area contributed by atoms with Crippen molar-refractivity contribution in [2.24, 2.45) is 4.99 Å². The summed E-state index contributed by atoms with van der Waals surface area (Å²) in [6, 6.07) is 9.84. The van der Waals surface area contributed by atoms with Crippen LogP contribution in [0.4, 0.5) is 5.00 Å². The lowest BCUT2D eigenvalue weighted by Crippen LogP contribution is -2.35. The van der Waals surface area contributed by atoms with Gasteiger partial charge in [-0.1, -0.05) is 19.3 Å². The molecule has 0 radical (unpaired) electrons. The molecule has 0 bridgehead atoms. The van der Waals surface area contributed by atoms with Crippen LogP contribution in [-0.4, -0.2) is 25.3 Å². The molecule has 1 fully saturated rings. The van der Waals surface area contributed by atoms with Crippen LogP contribution in [0.15, 0.2) is 40.7 Å². The second-order valence-corrected chi connectivity index (χ2v) is 6.87. The predicted molar refractivity (Wildman–Crippen MR) is 98.9 cm³/mol. The van der Waals surface area contributed by atoms with Crippen LogP contribution >= 0.6 is 11.3 Å². The Hall–Kier alpha value is -2.14. The average Bonchev–Trinajstić information content (AvgIpc) is 3.10. The summed E-state index contributed by atoms with van der Waals surface area (Å²) in [6.07, 6.45) is 7.64. The van der Waals surface area contributed by atoms with Crippen LogP contribution < -0.4 is 10.1 Å². The highest BCUT2D eigenvalue weighted by Gasteiger charge is 2.19. The van der Waals surface area contributed by atoms with Gasteiger partial charge in [-0.15, -0.1) is 11.3 Å². The van der Waals surface area contributed by atoms with Crippen LogP contribution in [-0.2, 0) is 0 Å². The minimum absolute atomic E-state index is 0.00923. The van der Waals surface area contributed by atoms with Crippen LogP contribution in [0.25, 0.3) is 0 Å². The molecule has 5 heteroatoms. The highest BCUT2D eigenvalue weighted by molar-refractivity contribution is 7.14. The number of carbonyl (C=O) groups is 1. The SMILES string of the molecule is COc1ccc(/C=N/c2sccc2C(=O)NC2CCCCC2)cc1. The lowest BCUT2D eigenvalue weighted by molar-refractivity contribution is 0.0929. The van der Waals surface area contributed by atoms with Gasteiger partial charge in [0.05, 0.1) is 12.7 Å². The number of ether oxygens (including phenoxy) is 1. The standard InChI is InChI=1S/C19H22N2O2S/c1-23-16-9-7-14(8-10-16)13-20-19-17(11-12-24-19)18(22)21-15-5-3-2-4-6-15/h7-13,15H,2-6H2,1H3,(H,21,22)/b20-13+. The molecule has 1 aliphatic rings. The van der Waals surface area contributed by atoms with E-state index >= 15 is 0 Å². The molecule has 1 heterocycles. The molecule has 24 heavy (non-hydrogen) atoms. The van der Waals surface area contributed by atoms with Gasteiger partial charge in [-0.2, -0.15) is 0 Å². The molecule has 1 aromatic carbocycles. The van der Waals surface area contributed by atoms with E-state index in [9.17, 15) is 4.79 Å². The smallest absolute Gasteiger partial charge is 0.254 e. The molecule has 1 aromatic heterocycles. The van der Waals surface area contributed by atoms with Crippen molar-refractivity contribution in [1.29, 1.82) is 0 Å². The number of methoxy groups -OCH3 is 1. The van der Waals surface area contributed by atoms with Gasteiger partial charge in [0.1, 0.15) is 10.8 Å². The highest BCUT2D eigenvalue weighted by Crippen LogP contribution is 2.27. The first kappa shape index (κ1) is 16.7. The topological polar surface area (TPSA) is 50.7 Å². The summed E-state index contributed by atoms with van der Waals surface area (Å²) in [4.78, 5) is 17.0. The largest absolute Gasteiger partial charge is 0.497 e. The average molecular weight is 342 g/mol. The van der Waals surface area contributed by atoms with Crippen LogP contribution in [0.1, 0.15) is 48.0 Å². The number of thiophene rings is 1. The van der Waals surface area contributed by atoms with E-state index in [-0.39, 0.29) is 5.91 Å². The first-order valence-corrected chi connectivity index (χ1v) is 9.21. The minimum Gasteiger partial charge on any atom is -0.497 e. The third-order valence-electron chi connectivity index (χ3n) is 4.28. The van der Waals surface area contributed by atoms with Gasteiger partial charge < -0.3 is 10.1 Å². The van der Waals surface area contributed by atoms with Crippen molar-refractivity contribution in [3.8, 4) is 5.75 Å². The van der Waals surface area contributed by atoms with E-state index in [1.54, 1.807) is 13.3 Å². The maximum absolute atomic E-state index is 12.5. The van der Waals surface area contributed by atoms with E-state index in [1.807, 2.05) is 35.7 Å². The quantitative estimate of drug-likeness (QED) is 0.809. The number of nitrogens with zero attached hydrogens (tertiary/aromatic N) is 1. The molecule has 0 saturated heterocycles. The molecule has 4 nitrogen and oxygen atoms in total. The Morgan fingerprint density at radius 2 is 1.96 bits per heavy atom. The summed E-state index contributed by atoms with van der Waals surface area (Å²) in [5.41, 5.74) is 1.64. The molecule has 1 saturated carbocycles. The number of rotatable bonds is 5. The lowest BCUT2D eigenvalue weighted by atomic mass is 9.95. The molecule has 0 aliphatic heterocycles. The first-order chi connectivity index (χ1) is 11.8. The third kappa shape index (κ3) is 4.23. The molecular weight excluding hydrogens is 320 g/mol. The Bertz CT molecular complexity index is 700. The summed E-state index contributed by atoms with van der Waals surface area (Å²) < 4.78 is 5.15. The molecule has 1 N–H and O–H groups in total. The van der Waals surface area contributed by atoms with Crippen molar-refractivity contribution in [3.63, 3.8) is 0 Å². The summed E-state index contributed by atoms with van der Waals surface area (Å²) in [5, 5.41) is 5.81. The van der Waals surface area contributed by atoms with Gasteiger partial charge in [-0.05, 0) is 54.1 Å². The lowest BCUT2D eigenvalue weighted by Gasteiger charge is -2.22. The molecule has 3 rings (SSSR count). The van der Waals surface area contributed by atoms with Crippen LogP contribution in [0.5, 0.6) is 5.75 Å². The fraction of sp³-hybridized carbons (Fsp3) is 0.368. The van der Waals surface area contributed by atoms with E-state index in [0.717, 1.165) is 29.2 Å². The number of nitrogens with one attached hydrogen (secondary N) is 1. The van der Waals surface area contributed by atoms with Gasteiger partial charge >= 0.3 is 0 Å². The van der Waals surface area contributed by atoms with Gasteiger partial charge in [0, 0.05) is 12.3 Å². The molecule has 1 amide bonds. The Morgan fingerprint density at radius 3 is 2.67 bits per heavy atom. The number of aliphatic imine (C=N–C) groups is 1. The molecule has 0 atom stereocenters. The van der Waals surface area contributed by atoms with Crippen molar-refractivity contribution < 1.29 is 9.53 Å². The maximum atomic E-state index is 12.5. The van der Waals surface area contributed by atoms with Crippen molar-refractivity contribution in [1.82, 2.24) is 5.32 Å². The first-order valence-electron chi connectivity index (χ1n) is 8.33. The molecule has 0 unspecified atom stereocenters. The van der Waals surface area contributed by atoms with Gasteiger partial charge in [-0.3, -0.25) is 4.79 Å². The molecule has 2 aromatic rings. The predicted octanol–water partition coefficient (Wildman–Crippen LogP) is 4.57. The maximum Gasteiger partial charge on any atom is 0.254 e. The fourth-order valence-electron chi connectivity index (χ4n) is 2.91. The fourth-order valence-corrected chi connectivity index (χ4v) is 3.64. The highest BCUT2D eigenvalue weighted by atomic mass is 32.1. The summed E-state index contributed by atoms with van der Waals surface area (Å²) >= 11 is 1.48. The Kier molecular flexibility index (Phi) is 5.64. The van der Waals surface area contributed by atoms with Crippen molar-refractivity contribution in [2.75, 3.05) is 7.11 Å². The Morgan fingerprint density at radius 1 is 1.21 bits per heavy atom. The number of amides is 1. The van der Waals surface area contributed by atoms with E-state index in [0.29, 0.717) is 11.6 Å². The summed E-state index contributed by atoms with van der Waals surface area (Å²) in [5.74, 6) is 0.806. The van der Waals surface area contributed by atoms with E-state index in [4.69, 9.17) is 4.74 Å². The van der Waals surface area contributed by atoms with Crippen molar-refractivity contribution in [2.45, 2.75) is 38.1 Å². The molecule has 126 valence electrons. The Balaban J connectivity index is 1.67. The second kappa shape index (κ2) is 8.11. The number of benzene rings is 1. The zero-order valence-corrected chi connectivity index (χ0v) is 14.6. The number of hydrogen-bond donors (Lipinski definition) is 1. The van der Waals surface area contributed by atoms with Crippen molar-refractivity contribution in [3.05, 3.63) is 46.8 Å². The number of carbonyl (C=O) groups excluding carboxylic acids is 1. The Labute approximate surface area is 146 Å². The molecular formula is C19H22N2O2S. The zero-order chi connectivity index (χ0) is 16.8. The van der Waals surface area contributed by atoms with Gasteiger partial charge in [0.2, 0.25) is 0 Å². The van der Waals surface area contributed by atoms with Crippen LogP contribution in [0.3, 0.4) is 0 Å². The van der Waals surface area contributed by atoms with Crippen molar-refractivity contribution >= 4 is 28.5 Å².